The van der Waals surface area contributed by atoms with Crippen molar-refractivity contribution in [2.45, 2.75) is 52.9 Å². The van der Waals surface area contributed by atoms with E-state index in [-0.39, 0.29) is 5.97 Å². The number of hydrogen-bond donors (Lipinski definition) is 1. The van der Waals surface area contributed by atoms with E-state index in [9.17, 15) is 4.79 Å². The summed E-state index contributed by atoms with van der Waals surface area (Å²) in [6.07, 6.45) is 0.380. The smallest absolute Gasteiger partial charge is 0.307 e. The lowest BCUT2D eigenvalue weighted by molar-refractivity contribution is -0.154. The van der Waals surface area contributed by atoms with Gasteiger partial charge in [0.1, 0.15) is 5.60 Å². The second-order valence-corrected chi connectivity index (χ2v) is 5.92. The van der Waals surface area contributed by atoms with Gasteiger partial charge < -0.3 is 14.8 Å². The van der Waals surface area contributed by atoms with Crippen LogP contribution in [0.5, 0.6) is 0 Å². The molecule has 1 aromatic rings. The molecular weight excluding hydrogens is 266 g/mol. The van der Waals surface area contributed by atoms with Gasteiger partial charge in [0.2, 0.25) is 0 Å². The maximum Gasteiger partial charge on any atom is 0.307 e. The highest BCUT2D eigenvalue weighted by Crippen LogP contribution is 2.10. The Morgan fingerprint density at radius 1 is 1.19 bits per heavy atom. The number of carbonyl (C=O) groups is 1. The first kappa shape index (κ1) is 17.7. The van der Waals surface area contributed by atoms with E-state index < -0.39 is 5.60 Å². The van der Waals surface area contributed by atoms with Gasteiger partial charge in [0.25, 0.3) is 0 Å². The second-order valence-electron chi connectivity index (χ2n) is 5.92. The first-order valence-corrected chi connectivity index (χ1v) is 7.49. The van der Waals surface area contributed by atoms with Gasteiger partial charge in [0.05, 0.1) is 13.0 Å². The van der Waals surface area contributed by atoms with Crippen molar-refractivity contribution in [2.75, 3.05) is 13.2 Å². The third-order valence-corrected chi connectivity index (χ3v) is 2.82. The topological polar surface area (TPSA) is 47.6 Å². The minimum atomic E-state index is -0.416. The largest absolute Gasteiger partial charge is 0.460 e. The van der Waals surface area contributed by atoms with Crippen LogP contribution in [0.1, 0.15) is 45.2 Å². The maximum atomic E-state index is 11.6. The molecule has 0 saturated carbocycles. The Morgan fingerprint density at radius 2 is 1.86 bits per heavy atom. The molecule has 0 saturated heterocycles. The van der Waals surface area contributed by atoms with Gasteiger partial charge in [-0.05, 0) is 38.8 Å². The van der Waals surface area contributed by atoms with Gasteiger partial charge in [-0.15, -0.1) is 0 Å². The van der Waals surface area contributed by atoms with E-state index in [4.69, 9.17) is 9.47 Å². The van der Waals surface area contributed by atoms with Gasteiger partial charge in [0, 0.05) is 19.7 Å². The lowest BCUT2D eigenvalue weighted by Gasteiger charge is -2.19. The van der Waals surface area contributed by atoms with Crippen LogP contribution in [0.15, 0.2) is 24.3 Å². The molecule has 21 heavy (non-hydrogen) atoms. The molecule has 1 aromatic carbocycles. The molecule has 1 N–H and O–H groups in total. The van der Waals surface area contributed by atoms with Crippen LogP contribution in [0.4, 0.5) is 0 Å². The fraction of sp³-hybridized carbons (Fsp3) is 0.588. The molecule has 0 unspecified atom stereocenters. The lowest BCUT2D eigenvalue weighted by atomic mass is 10.1. The van der Waals surface area contributed by atoms with Crippen molar-refractivity contribution in [2.24, 2.45) is 0 Å². The number of esters is 1. The summed E-state index contributed by atoms with van der Waals surface area (Å²) in [4.78, 5) is 11.6. The SMILES string of the molecule is CCOCc1ccccc1CNCCC(=O)OC(C)(C)C. The molecule has 0 atom stereocenters. The second kappa shape index (κ2) is 8.80. The number of carbonyl (C=O) groups excluding carboxylic acids is 1. The highest BCUT2D eigenvalue weighted by molar-refractivity contribution is 5.70. The van der Waals surface area contributed by atoms with Gasteiger partial charge in [-0.25, -0.2) is 0 Å². The summed E-state index contributed by atoms with van der Waals surface area (Å²) in [6.45, 7) is 10.3. The Balaban J connectivity index is 2.34. The zero-order valence-corrected chi connectivity index (χ0v) is 13.6. The van der Waals surface area contributed by atoms with Crippen molar-refractivity contribution < 1.29 is 14.3 Å². The number of benzene rings is 1. The van der Waals surface area contributed by atoms with Gasteiger partial charge in [-0.1, -0.05) is 24.3 Å². The van der Waals surface area contributed by atoms with E-state index in [1.165, 1.54) is 11.1 Å². The van der Waals surface area contributed by atoms with Crippen LogP contribution in [0.25, 0.3) is 0 Å². The Bertz CT molecular complexity index is 438. The fourth-order valence-corrected chi connectivity index (χ4v) is 1.89. The molecule has 0 heterocycles. The minimum absolute atomic E-state index is 0.169. The molecule has 0 spiro atoms. The minimum Gasteiger partial charge on any atom is -0.460 e. The van der Waals surface area contributed by atoms with E-state index >= 15 is 0 Å². The van der Waals surface area contributed by atoms with Crippen molar-refractivity contribution in [3.8, 4) is 0 Å². The van der Waals surface area contributed by atoms with Crippen molar-refractivity contribution in [1.82, 2.24) is 5.32 Å². The van der Waals surface area contributed by atoms with Crippen LogP contribution in [-0.4, -0.2) is 24.7 Å². The molecule has 4 nitrogen and oxygen atoms in total. The molecule has 118 valence electrons. The molecule has 0 fully saturated rings. The fourth-order valence-electron chi connectivity index (χ4n) is 1.89. The summed E-state index contributed by atoms with van der Waals surface area (Å²) in [6, 6.07) is 8.17. The summed E-state index contributed by atoms with van der Waals surface area (Å²) in [7, 11) is 0. The van der Waals surface area contributed by atoms with Gasteiger partial charge in [-0.3, -0.25) is 4.79 Å². The monoisotopic (exact) mass is 293 g/mol. The van der Waals surface area contributed by atoms with Crippen molar-refractivity contribution in [3.63, 3.8) is 0 Å². The van der Waals surface area contributed by atoms with Crippen LogP contribution in [0, 0.1) is 0 Å². The van der Waals surface area contributed by atoms with Gasteiger partial charge >= 0.3 is 5.97 Å². The maximum absolute atomic E-state index is 11.6. The Kier molecular flexibility index (Phi) is 7.40. The summed E-state index contributed by atoms with van der Waals surface area (Å²) in [5.74, 6) is -0.169. The highest BCUT2D eigenvalue weighted by Gasteiger charge is 2.15. The van der Waals surface area contributed by atoms with Crippen molar-refractivity contribution >= 4 is 5.97 Å². The lowest BCUT2D eigenvalue weighted by Crippen LogP contribution is -2.26. The highest BCUT2D eigenvalue weighted by atomic mass is 16.6. The molecule has 0 aliphatic heterocycles. The van der Waals surface area contributed by atoms with E-state index in [2.05, 4.69) is 17.4 Å². The average Bonchev–Trinajstić information content (AvgIpc) is 2.40. The van der Waals surface area contributed by atoms with E-state index in [1.54, 1.807) is 0 Å². The van der Waals surface area contributed by atoms with Crippen LogP contribution in [0.2, 0.25) is 0 Å². The number of ether oxygens (including phenoxy) is 2. The summed E-state index contributed by atoms with van der Waals surface area (Å²) in [5.41, 5.74) is 1.97. The van der Waals surface area contributed by atoms with Gasteiger partial charge in [-0.2, -0.15) is 0 Å². The average molecular weight is 293 g/mol. The summed E-state index contributed by atoms with van der Waals surface area (Å²) in [5, 5.41) is 3.28. The van der Waals surface area contributed by atoms with Crippen LogP contribution < -0.4 is 5.32 Å². The van der Waals surface area contributed by atoms with E-state index in [0.29, 0.717) is 26.2 Å². The molecule has 0 aromatic heterocycles. The Hall–Kier alpha value is -1.39. The molecule has 4 heteroatoms. The Labute approximate surface area is 127 Å². The molecule has 0 radical (unpaired) electrons. The first-order chi connectivity index (χ1) is 9.92. The predicted molar refractivity (Wildman–Crippen MR) is 83.9 cm³/mol. The summed E-state index contributed by atoms with van der Waals surface area (Å²) >= 11 is 0. The number of hydrogen-bond acceptors (Lipinski definition) is 4. The standard InChI is InChI=1S/C17H27NO3/c1-5-20-13-15-9-7-6-8-14(15)12-18-11-10-16(19)21-17(2,3)4/h6-9,18H,5,10-13H2,1-4H3. The number of rotatable bonds is 8. The number of nitrogens with one attached hydrogen (secondary N) is 1. The third kappa shape index (κ3) is 7.83. The van der Waals surface area contributed by atoms with Gasteiger partial charge in [0.15, 0.2) is 0 Å². The van der Waals surface area contributed by atoms with Crippen molar-refractivity contribution in [3.05, 3.63) is 35.4 Å². The molecule has 1 rings (SSSR count). The van der Waals surface area contributed by atoms with E-state index in [1.807, 2.05) is 39.8 Å². The van der Waals surface area contributed by atoms with Crippen LogP contribution in [-0.2, 0) is 27.4 Å². The first-order valence-electron chi connectivity index (χ1n) is 7.49. The quantitative estimate of drug-likeness (QED) is 0.591. The summed E-state index contributed by atoms with van der Waals surface area (Å²) < 4.78 is 10.7. The van der Waals surface area contributed by atoms with E-state index in [0.717, 1.165) is 6.54 Å². The zero-order valence-electron chi connectivity index (χ0n) is 13.6. The molecule has 0 aliphatic carbocycles. The molecule has 0 bridgehead atoms. The molecule has 0 amide bonds. The Morgan fingerprint density at radius 3 is 2.48 bits per heavy atom. The molecular formula is C17H27NO3. The zero-order chi connectivity index (χ0) is 15.7. The molecule has 0 aliphatic rings. The van der Waals surface area contributed by atoms with Crippen LogP contribution in [0.3, 0.4) is 0 Å². The van der Waals surface area contributed by atoms with Crippen LogP contribution >= 0.6 is 0 Å². The third-order valence-electron chi connectivity index (χ3n) is 2.82. The van der Waals surface area contributed by atoms with Crippen molar-refractivity contribution in [1.29, 1.82) is 0 Å². The predicted octanol–water partition coefficient (Wildman–Crippen LogP) is 3.04. The normalized spacial score (nSPS) is 11.4.